The lowest BCUT2D eigenvalue weighted by Gasteiger charge is -2.17. The number of nitrogens with zero attached hydrogens (tertiary/aromatic N) is 1. The molecule has 0 aromatic heterocycles. The Kier molecular flexibility index (Phi) is 6.31. The molecule has 0 saturated carbocycles. The molecule has 0 aliphatic carbocycles. The number of carbonyl (C=O) groups is 4. The highest BCUT2D eigenvalue weighted by Gasteiger charge is 2.35. The molecule has 1 saturated heterocycles. The Labute approximate surface area is 171 Å². The summed E-state index contributed by atoms with van der Waals surface area (Å²) in [5, 5.41) is 9.81. The molecule has 9 heteroatoms. The normalized spacial score (nSPS) is 14.4. The molecule has 1 heterocycles. The van der Waals surface area contributed by atoms with Crippen LogP contribution in [0.2, 0.25) is 0 Å². The number of rotatable bonds is 6. The number of amides is 2. The molecular formula is C21H19NO8. The number of imide groups is 1. The predicted molar refractivity (Wildman–Crippen MR) is 101 cm³/mol. The second kappa shape index (κ2) is 9.08. The van der Waals surface area contributed by atoms with E-state index in [1.807, 2.05) is 0 Å². The number of phenols is 1. The Balaban J connectivity index is 1.75. The average molecular weight is 413 g/mol. The molecule has 0 radical (unpaired) electrons. The van der Waals surface area contributed by atoms with Gasteiger partial charge < -0.3 is 14.6 Å². The van der Waals surface area contributed by atoms with Crippen molar-refractivity contribution in [2.45, 2.75) is 25.2 Å². The van der Waals surface area contributed by atoms with Gasteiger partial charge in [-0.1, -0.05) is 29.3 Å². The van der Waals surface area contributed by atoms with E-state index < -0.39 is 29.9 Å². The molecule has 1 unspecified atom stereocenters. The van der Waals surface area contributed by atoms with Crippen molar-refractivity contribution in [1.29, 1.82) is 0 Å². The highest BCUT2D eigenvalue weighted by atomic mass is 16.8. The molecule has 1 fully saturated rings. The van der Waals surface area contributed by atoms with E-state index in [0.29, 0.717) is 16.4 Å². The Morgan fingerprint density at radius 2 is 1.60 bits per heavy atom. The maximum atomic E-state index is 12.7. The highest BCUT2D eigenvalue weighted by molar-refractivity contribution is 6.01. The third-order valence-electron chi connectivity index (χ3n) is 4.53. The first-order valence-corrected chi connectivity index (χ1v) is 9.08. The number of hydrogen-bond acceptors (Lipinski definition) is 8. The van der Waals surface area contributed by atoms with Gasteiger partial charge >= 0.3 is 12.1 Å². The zero-order valence-corrected chi connectivity index (χ0v) is 16.1. The van der Waals surface area contributed by atoms with E-state index in [-0.39, 0.29) is 25.0 Å². The molecule has 1 aliphatic heterocycles. The summed E-state index contributed by atoms with van der Waals surface area (Å²) in [5.41, 5.74) is 1.26. The van der Waals surface area contributed by atoms with Crippen LogP contribution in [0.1, 0.15) is 29.9 Å². The Hall–Kier alpha value is -3.88. The molecule has 2 aromatic rings. The fourth-order valence-corrected chi connectivity index (χ4v) is 2.95. The largest absolute Gasteiger partial charge is 0.541 e. The van der Waals surface area contributed by atoms with Crippen LogP contribution in [0.3, 0.4) is 0 Å². The number of carbonyl (C=O) groups excluding carboxylic acids is 4. The molecule has 1 N–H and O–H groups in total. The molecule has 30 heavy (non-hydrogen) atoms. The maximum absolute atomic E-state index is 12.7. The SMILES string of the molecule is COc1ccc(CC(C(=O)OC(=O)ON2C(=O)CCC2=O)c2ccc(O)cc2)cc1. The summed E-state index contributed by atoms with van der Waals surface area (Å²) in [6, 6.07) is 12.9. The molecule has 156 valence electrons. The Morgan fingerprint density at radius 1 is 1.00 bits per heavy atom. The number of aromatic hydroxyl groups is 1. The minimum Gasteiger partial charge on any atom is -0.508 e. The number of benzene rings is 2. The first-order valence-electron chi connectivity index (χ1n) is 9.08. The third kappa shape index (κ3) is 4.93. The van der Waals surface area contributed by atoms with Crippen LogP contribution >= 0.6 is 0 Å². The van der Waals surface area contributed by atoms with E-state index in [0.717, 1.165) is 5.56 Å². The molecule has 1 atom stereocenters. The zero-order chi connectivity index (χ0) is 21.7. The van der Waals surface area contributed by atoms with Crippen molar-refractivity contribution in [3.8, 4) is 11.5 Å². The minimum atomic E-state index is -1.47. The molecular weight excluding hydrogens is 394 g/mol. The second-order valence-electron chi connectivity index (χ2n) is 6.54. The van der Waals surface area contributed by atoms with E-state index in [9.17, 15) is 24.3 Å². The maximum Gasteiger partial charge on any atom is 0.541 e. The second-order valence-corrected chi connectivity index (χ2v) is 6.54. The number of ether oxygens (including phenoxy) is 2. The van der Waals surface area contributed by atoms with Gasteiger partial charge in [0.1, 0.15) is 11.5 Å². The predicted octanol–water partition coefficient (Wildman–Crippen LogP) is 2.47. The lowest BCUT2D eigenvalue weighted by atomic mass is 9.92. The van der Waals surface area contributed by atoms with Gasteiger partial charge in [0.25, 0.3) is 11.8 Å². The Morgan fingerprint density at radius 3 is 2.17 bits per heavy atom. The van der Waals surface area contributed by atoms with Gasteiger partial charge in [-0.2, -0.15) is 0 Å². The molecule has 1 aliphatic rings. The van der Waals surface area contributed by atoms with Crippen molar-refractivity contribution < 1.29 is 38.6 Å². The van der Waals surface area contributed by atoms with Crippen molar-refractivity contribution in [2.75, 3.05) is 7.11 Å². The van der Waals surface area contributed by atoms with E-state index in [2.05, 4.69) is 4.84 Å². The smallest absolute Gasteiger partial charge is 0.508 e. The van der Waals surface area contributed by atoms with Gasteiger partial charge in [-0.15, -0.1) is 0 Å². The van der Waals surface area contributed by atoms with Gasteiger partial charge in [0.05, 0.1) is 13.0 Å². The van der Waals surface area contributed by atoms with Gasteiger partial charge in [-0.05, 0) is 41.8 Å². The quantitative estimate of drug-likeness (QED) is 0.436. The van der Waals surface area contributed by atoms with Crippen LogP contribution in [0.25, 0.3) is 0 Å². The number of hydroxylamine groups is 2. The van der Waals surface area contributed by atoms with Gasteiger partial charge in [0.2, 0.25) is 0 Å². The van der Waals surface area contributed by atoms with Crippen LogP contribution in [-0.4, -0.2) is 41.2 Å². The molecule has 9 nitrogen and oxygen atoms in total. The van der Waals surface area contributed by atoms with E-state index >= 15 is 0 Å². The molecule has 2 aromatic carbocycles. The topological polar surface area (TPSA) is 119 Å². The fourth-order valence-electron chi connectivity index (χ4n) is 2.95. The van der Waals surface area contributed by atoms with Crippen molar-refractivity contribution in [3.05, 3.63) is 59.7 Å². The Bertz CT molecular complexity index is 936. The lowest BCUT2D eigenvalue weighted by Crippen LogP contribution is -2.34. The summed E-state index contributed by atoms with van der Waals surface area (Å²) in [5.74, 6) is -2.54. The monoisotopic (exact) mass is 413 g/mol. The molecule has 3 rings (SSSR count). The van der Waals surface area contributed by atoms with Crippen LogP contribution in [-0.2, 0) is 30.4 Å². The summed E-state index contributed by atoms with van der Waals surface area (Å²) in [4.78, 5) is 52.3. The van der Waals surface area contributed by atoms with Crippen molar-refractivity contribution in [3.63, 3.8) is 0 Å². The summed E-state index contributed by atoms with van der Waals surface area (Å²) in [7, 11) is 1.53. The standard InChI is InChI=1S/C21H19NO8/c1-28-16-8-2-13(3-9-16)12-17(14-4-6-15(23)7-5-14)20(26)29-21(27)30-22-18(24)10-11-19(22)25/h2-9,17,23H,10-12H2,1H3. The summed E-state index contributed by atoms with van der Waals surface area (Å²) in [6.07, 6.45) is -1.44. The van der Waals surface area contributed by atoms with Crippen molar-refractivity contribution in [1.82, 2.24) is 5.06 Å². The van der Waals surface area contributed by atoms with Crippen LogP contribution in [0.5, 0.6) is 11.5 Å². The van der Waals surface area contributed by atoms with Gasteiger partial charge in [-0.3, -0.25) is 19.2 Å². The van der Waals surface area contributed by atoms with Crippen LogP contribution in [0.15, 0.2) is 48.5 Å². The van der Waals surface area contributed by atoms with Crippen molar-refractivity contribution >= 4 is 23.9 Å². The molecule has 0 bridgehead atoms. The van der Waals surface area contributed by atoms with Crippen molar-refractivity contribution in [2.24, 2.45) is 0 Å². The molecule has 2 amide bonds. The van der Waals surface area contributed by atoms with Gasteiger partial charge in [0, 0.05) is 12.8 Å². The first-order chi connectivity index (χ1) is 14.4. The molecule has 0 spiro atoms. The summed E-state index contributed by atoms with van der Waals surface area (Å²) >= 11 is 0. The fraction of sp³-hybridized carbons (Fsp3) is 0.238. The minimum absolute atomic E-state index is 0.0146. The van der Waals surface area contributed by atoms with Gasteiger partial charge in [0.15, 0.2) is 0 Å². The van der Waals surface area contributed by atoms with E-state index in [1.54, 1.807) is 24.3 Å². The summed E-state index contributed by atoms with van der Waals surface area (Å²) < 4.78 is 9.85. The number of phenolic OH excluding ortho intramolecular Hbond substituents is 1. The van der Waals surface area contributed by atoms with E-state index in [1.165, 1.54) is 31.4 Å². The van der Waals surface area contributed by atoms with Crippen LogP contribution in [0.4, 0.5) is 4.79 Å². The first kappa shape index (κ1) is 20.8. The highest BCUT2D eigenvalue weighted by Crippen LogP contribution is 2.26. The third-order valence-corrected chi connectivity index (χ3v) is 4.53. The van der Waals surface area contributed by atoms with Crippen LogP contribution < -0.4 is 4.74 Å². The summed E-state index contributed by atoms with van der Waals surface area (Å²) in [6.45, 7) is 0. The lowest BCUT2D eigenvalue weighted by molar-refractivity contribution is -0.179. The number of hydrogen-bond donors (Lipinski definition) is 1. The van der Waals surface area contributed by atoms with Gasteiger partial charge in [-0.25, -0.2) is 4.79 Å². The van der Waals surface area contributed by atoms with E-state index in [4.69, 9.17) is 9.47 Å². The zero-order valence-electron chi connectivity index (χ0n) is 16.1. The van der Waals surface area contributed by atoms with Crippen LogP contribution in [0, 0.1) is 0 Å². The average Bonchev–Trinajstić information content (AvgIpc) is 3.05. The number of esters is 1. The number of methoxy groups -OCH3 is 1.